The molecule has 0 radical (unpaired) electrons. The lowest BCUT2D eigenvalue weighted by atomic mass is 9.90. The molecule has 11 heteroatoms. The molecule has 47 heavy (non-hydrogen) atoms. The average Bonchev–Trinajstić information content (AvgIpc) is 3.73. The van der Waals surface area contributed by atoms with E-state index >= 15 is 0 Å². The molecule has 2 N–H and O–H groups in total. The number of alkyl carbamates (subject to hydrolysis) is 2. The number of carbonyl (C=O) groups excluding carboxylic acids is 4. The van der Waals surface area contributed by atoms with E-state index in [0.29, 0.717) is 38.0 Å². The van der Waals surface area contributed by atoms with Crippen molar-refractivity contribution in [3.63, 3.8) is 0 Å². The van der Waals surface area contributed by atoms with Gasteiger partial charge < -0.3 is 29.7 Å². The highest BCUT2D eigenvalue weighted by molar-refractivity contribution is 8.00. The van der Waals surface area contributed by atoms with Crippen LogP contribution < -0.4 is 10.6 Å². The van der Waals surface area contributed by atoms with Gasteiger partial charge in [-0.3, -0.25) is 4.79 Å². The van der Waals surface area contributed by atoms with E-state index in [1.807, 2.05) is 54.6 Å². The molecule has 2 fully saturated rings. The number of thioether (sulfide) groups is 1. The molecule has 0 saturated carbocycles. The van der Waals surface area contributed by atoms with Crippen molar-refractivity contribution < 1.29 is 33.4 Å². The summed E-state index contributed by atoms with van der Waals surface area (Å²) >= 11 is 1.52. The quantitative estimate of drug-likeness (QED) is 0.147. The zero-order chi connectivity index (χ0) is 32.8. The van der Waals surface area contributed by atoms with Gasteiger partial charge in [-0.25, -0.2) is 14.4 Å². The van der Waals surface area contributed by atoms with E-state index in [1.165, 1.54) is 11.8 Å². The number of ether oxygens (including phenoxy) is 3. The fraction of sp³-hybridized carbons (Fsp3) is 0.389. The number of amides is 3. The Hall–Kier alpha value is -4.51. The summed E-state index contributed by atoms with van der Waals surface area (Å²) < 4.78 is 16.4. The average molecular weight is 658 g/mol. The van der Waals surface area contributed by atoms with Crippen molar-refractivity contribution in [1.29, 1.82) is 0 Å². The van der Waals surface area contributed by atoms with Crippen molar-refractivity contribution in [3.8, 4) is 11.1 Å². The highest BCUT2D eigenvalue weighted by atomic mass is 32.2. The molecule has 246 valence electrons. The fourth-order valence-electron chi connectivity index (χ4n) is 6.77. The second kappa shape index (κ2) is 14.5. The predicted octanol–water partition coefficient (Wildman–Crippen LogP) is 5.60. The number of hydrogen-bond acceptors (Lipinski definition) is 8. The maximum atomic E-state index is 14.1. The lowest BCUT2D eigenvalue weighted by molar-refractivity contribution is -0.153. The first-order valence-electron chi connectivity index (χ1n) is 16.1. The summed E-state index contributed by atoms with van der Waals surface area (Å²) in [5.41, 5.74) is 4.08. The second-order valence-corrected chi connectivity index (χ2v) is 13.2. The van der Waals surface area contributed by atoms with Gasteiger partial charge in [0.2, 0.25) is 5.91 Å². The minimum atomic E-state index is -1.25. The van der Waals surface area contributed by atoms with Gasteiger partial charge in [0.25, 0.3) is 0 Å². The molecule has 3 aromatic carbocycles. The topological polar surface area (TPSA) is 123 Å². The number of nitrogens with zero attached hydrogens (tertiary/aromatic N) is 1. The highest BCUT2D eigenvalue weighted by Gasteiger charge is 2.58. The molecule has 3 aromatic rings. The van der Waals surface area contributed by atoms with Crippen LogP contribution in [0, 0.1) is 0 Å². The van der Waals surface area contributed by atoms with Crippen LogP contribution in [-0.4, -0.2) is 71.4 Å². The van der Waals surface area contributed by atoms with Crippen LogP contribution in [0.3, 0.4) is 0 Å². The molecule has 2 heterocycles. The van der Waals surface area contributed by atoms with E-state index in [2.05, 4.69) is 34.9 Å². The molecule has 3 amide bonds. The molecule has 0 aromatic heterocycles. The molecule has 2 saturated heterocycles. The first-order valence-corrected chi connectivity index (χ1v) is 17.1. The molecule has 3 atom stereocenters. The molecule has 1 aliphatic carbocycles. The van der Waals surface area contributed by atoms with Crippen LogP contribution in [0.4, 0.5) is 9.59 Å². The van der Waals surface area contributed by atoms with Gasteiger partial charge >= 0.3 is 18.2 Å². The van der Waals surface area contributed by atoms with Crippen molar-refractivity contribution in [2.75, 3.05) is 25.5 Å². The smallest absolute Gasteiger partial charge is 0.408 e. The van der Waals surface area contributed by atoms with Gasteiger partial charge in [-0.15, -0.1) is 11.8 Å². The van der Waals surface area contributed by atoms with Gasteiger partial charge in [0, 0.05) is 24.6 Å². The summed E-state index contributed by atoms with van der Waals surface area (Å²) in [7, 11) is 0. The SMILES string of the molecule is CCOC(=O)[C@@H]1CSC2CC(CCCCNC(=O)OCc3ccccc3)(NC(=O)OCC3c4ccccc4-c4ccccc43)C(=O)N21. The van der Waals surface area contributed by atoms with Crippen molar-refractivity contribution >= 4 is 35.8 Å². The summed E-state index contributed by atoms with van der Waals surface area (Å²) in [5, 5.41) is 5.43. The number of rotatable bonds is 12. The van der Waals surface area contributed by atoms with Crippen LogP contribution >= 0.6 is 11.8 Å². The first-order chi connectivity index (χ1) is 22.9. The molecule has 2 aliphatic heterocycles. The number of benzene rings is 3. The number of nitrogens with one attached hydrogen (secondary N) is 2. The summed E-state index contributed by atoms with van der Waals surface area (Å²) in [4.78, 5) is 54.1. The standard InChI is InChI=1S/C36H39N3O7S/c1-2-44-32(40)30-23-47-31-20-36(33(41)39(30)31,18-10-11-19-37-34(42)45-21-24-12-4-3-5-13-24)38-35(43)46-22-29-27-16-8-6-14-25(27)26-15-7-9-17-28(26)29/h3-9,12-17,29-31H,2,10-11,18-23H2,1H3,(H,37,42)(H,38,43)/t30-,31?,36?/m0/s1. The summed E-state index contributed by atoms with van der Waals surface area (Å²) in [6, 6.07) is 24.9. The van der Waals surface area contributed by atoms with Gasteiger partial charge in [-0.2, -0.15) is 0 Å². The van der Waals surface area contributed by atoms with Gasteiger partial charge in [-0.1, -0.05) is 78.9 Å². The molecule has 2 unspecified atom stereocenters. The fourth-order valence-corrected chi connectivity index (χ4v) is 8.27. The third-order valence-electron chi connectivity index (χ3n) is 9.02. The van der Waals surface area contributed by atoms with Gasteiger partial charge in [0.05, 0.1) is 12.0 Å². The normalized spacial score (nSPS) is 21.0. The van der Waals surface area contributed by atoms with Crippen LogP contribution in [-0.2, 0) is 30.4 Å². The Morgan fingerprint density at radius 3 is 2.26 bits per heavy atom. The summed E-state index contributed by atoms with van der Waals surface area (Å²) in [5.74, 6) is -0.422. The zero-order valence-electron chi connectivity index (χ0n) is 26.3. The molecular weight excluding hydrogens is 618 g/mol. The zero-order valence-corrected chi connectivity index (χ0v) is 27.1. The summed E-state index contributed by atoms with van der Waals surface area (Å²) in [6.07, 6.45) is 0.543. The van der Waals surface area contributed by atoms with Crippen molar-refractivity contribution in [2.24, 2.45) is 0 Å². The Labute approximate surface area is 278 Å². The van der Waals surface area contributed by atoms with E-state index < -0.39 is 29.7 Å². The van der Waals surface area contributed by atoms with Crippen molar-refractivity contribution in [3.05, 3.63) is 95.6 Å². The molecular formula is C36H39N3O7S. The lowest BCUT2D eigenvalue weighted by Crippen LogP contribution is -2.56. The minimum absolute atomic E-state index is 0.118. The van der Waals surface area contributed by atoms with Gasteiger partial charge in [-0.05, 0) is 54.0 Å². The van der Waals surface area contributed by atoms with E-state index in [1.54, 1.807) is 11.8 Å². The first kappa shape index (κ1) is 32.4. The van der Waals surface area contributed by atoms with E-state index in [9.17, 15) is 19.2 Å². The predicted molar refractivity (Wildman–Crippen MR) is 178 cm³/mol. The van der Waals surface area contributed by atoms with Crippen LogP contribution in [0.5, 0.6) is 0 Å². The molecule has 0 bridgehead atoms. The second-order valence-electron chi connectivity index (χ2n) is 12.0. The van der Waals surface area contributed by atoms with Crippen LogP contribution in [0.15, 0.2) is 78.9 Å². The lowest BCUT2D eigenvalue weighted by Gasteiger charge is -2.30. The van der Waals surface area contributed by atoms with Crippen LogP contribution in [0.25, 0.3) is 11.1 Å². The maximum Gasteiger partial charge on any atom is 0.408 e. The Bertz CT molecular complexity index is 1570. The third kappa shape index (κ3) is 6.95. The monoisotopic (exact) mass is 657 g/mol. The molecule has 6 rings (SSSR count). The van der Waals surface area contributed by atoms with Crippen LogP contribution in [0.1, 0.15) is 55.2 Å². The van der Waals surface area contributed by atoms with Gasteiger partial charge in [0.1, 0.15) is 24.8 Å². The highest BCUT2D eigenvalue weighted by Crippen LogP contribution is 2.46. The molecule has 3 aliphatic rings. The number of unbranched alkanes of at least 4 members (excludes halogenated alkanes) is 1. The Kier molecular flexibility index (Phi) is 10.0. The third-order valence-corrected chi connectivity index (χ3v) is 10.3. The largest absolute Gasteiger partial charge is 0.464 e. The number of esters is 1. The number of hydrogen-bond donors (Lipinski definition) is 2. The minimum Gasteiger partial charge on any atom is -0.464 e. The van der Waals surface area contributed by atoms with Gasteiger partial charge in [0.15, 0.2) is 0 Å². The van der Waals surface area contributed by atoms with E-state index in [-0.39, 0.29) is 37.0 Å². The summed E-state index contributed by atoms with van der Waals surface area (Å²) in [6.45, 7) is 2.59. The Balaban J connectivity index is 1.09. The number of carbonyl (C=O) groups is 4. The van der Waals surface area contributed by atoms with Crippen molar-refractivity contribution in [2.45, 2.75) is 62.1 Å². The van der Waals surface area contributed by atoms with E-state index in [4.69, 9.17) is 14.2 Å². The maximum absolute atomic E-state index is 14.1. The van der Waals surface area contributed by atoms with Crippen molar-refractivity contribution in [1.82, 2.24) is 15.5 Å². The Morgan fingerprint density at radius 2 is 1.55 bits per heavy atom. The molecule has 0 spiro atoms. The van der Waals surface area contributed by atoms with E-state index in [0.717, 1.165) is 27.8 Å². The Morgan fingerprint density at radius 1 is 0.872 bits per heavy atom. The van der Waals surface area contributed by atoms with Crippen LogP contribution in [0.2, 0.25) is 0 Å². The number of fused-ring (bicyclic) bond motifs is 4. The molecule has 10 nitrogen and oxygen atoms in total.